The highest BCUT2D eigenvalue weighted by Crippen LogP contribution is 2.55. The Morgan fingerprint density at radius 2 is 0.917 bits per heavy atom. The average Bonchev–Trinajstić information content (AvgIpc) is 0.794. The number of nitrogens with one attached hydrogen (secondary N) is 3. The zero-order valence-electron chi connectivity index (χ0n) is 64.3. The molecule has 618 valence electrons. The predicted octanol–water partition coefficient (Wildman–Crippen LogP) is -2.95. The number of rotatable bonds is 53. The predicted molar refractivity (Wildman–Crippen MR) is 407 cm³/mol. The molecule has 22 N–H and O–H groups in total. The summed E-state index contributed by atoms with van der Waals surface area (Å²) in [7, 11) is -1.07. The molecule has 0 aromatic heterocycles. The largest absolute Gasteiger partial charge is 0.447 e. The Morgan fingerprint density at radius 3 is 1.36 bits per heavy atom. The van der Waals surface area contributed by atoms with Crippen molar-refractivity contribution in [1.29, 1.82) is 0 Å². The summed E-state index contributed by atoms with van der Waals surface area (Å²) < 4.78 is 77.1. The van der Waals surface area contributed by atoms with Crippen molar-refractivity contribution in [3.05, 3.63) is 0 Å². The van der Waals surface area contributed by atoms with Crippen molar-refractivity contribution in [1.82, 2.24) is 44.4 Å². The number of Topliss-reactive ketones (excluding diaryl/α,β-unsaturated/α-hetero) is 3. The number of carbonyl (C=O) groups is 8. The van der Waals surface area contributed by atoms with Gasteiger partial charge in [0.05, 0.1) is 95.1 Å². The summed E-state index contributed by atoms with van der Waals surface area (Å²) in [5.41, 5.74) is 50.5. The molecule has 0 radical (unpaired) electrons. The van der Waals surface area contributed by atoms with Crippen LogP contribution in [0.1, 0.15) is 111 Å². The number of hydrogen-bond donors (Lipinski definition) is 13. The van der Waals surface area contributed by atoms with Crippen LogP contribution in [0.2, 0.25) is 0 Å². The van der Waals surface area contributed by atoms with Gasteiger partial charge < -0.3 is 120 Å². The highest BCUT2D eigenvalue weighted by atomic mass is 31.2. The van der Waals surface area contributed by atoms with Gasteiger partial charge in [-0.1, -0.05) is 0 Å². The van der Waals surface area contributed by atoms with E-state index in [0.29, 0.717) is 13.0 Å². The molecule has 0 bridgehead atoms. The first kappa shape index (κ1) is 94.9. The molecule has 3 saturated heterocycles. The summed E-state index contributed by atoms with van der Waals surface area (Å²) in [4.78, 5) is 135. The average molecular weight is 1580 g/mol. The highest BCUT2D eigenvalue weighted by Gasteiger charge is 2.45. The number of ketones is 3. The minimum atomic E-state index is -3.87. The number of carbonyl (C=O) groups excluding carboxylic acids is 8. The van der Waals surface area contributed by atoms with Crippen LogP contribution in [-0.2, 0) is 75.4 Å². The Bertz CT molecular complexity index is 3070. The lowest BCUT2D eigenvalue weighted by Crippen LogP contribution is -2.53. The third-order valence-electron chi connectivity index (χ3n) is 17.5. The molecule has 0 aliphatic carbocycles. The molecule has 0 saturated carbocycles. The van der Waals surface area contributed by atoms with E-state index in [1.807, 2.05) is 0 Å². The van der Waals surface area contributed by atoms with Crippen LogP contribution in [0, 0.1) is 17.8 Å². The van der Waals surface area contributed by atoms with Gasteiger partial charge in [0.1, 0.15) is 12.4 Å². The summed E-state index contributed by atoms with van der Waals surface area (Å²) in [5, 5.41) is 17.2. The van der Waals surface area contributed by atoms with Crippen LogP contribution < -0.4 is 67.6 Å². The van der Waals surface area contributed by atoms with Crippen LogP contribution in [-0.4, -0.2) is 320 Å². The van der Waals surface area contributed by atoms with Gasteiger partial charge in [-0.05, 0) is 120 Å². The van der Waals surface area contributed by atoms with E-state index >= 15 is 4.57 Å². The van der Waals surface area contributed by atoms with Crippen molar-refractivity contribution in [2.45, 2.75) is 148 Å². The summed E-state index contributed by atoms with van der Waals surface area (Å²) >= 11 is 0. The fraction of sp³-hybridized carbons (Fsp3) is 0.800. The quantitative estimate of drug-likeness (QED) is 0.0125. The maximum Gasteiger partial charge on any atom is 0.409 e. The van der Waals surface area contributed by atoms with Gasteiger partial charge >= 0.3 is 21.4 Å². The second-order valence-electron chi connectivity index (χ2n) is 27.2. The highest BCUT2D eigenvalue weighted by molar-refractivity contribution is 7.54. The van der Waals surface area contributed by atoms with Crippen molar-refractivity contribution in [3.63, 3.8) is 0 Å². The standard InChI is InChI=1S/C65H125N23O18P2/c1-44(90)34-48(14-9-20-76-61(67)68)59(95)81-54(18-13-23-79-64(73)74)56(92)36-50(16-11-22-78-63(71)72)60(96)82-53(17-12-19-75-47(4)66)55(91)35-49(15-10-21-77-62(69)70)58(94)80-37-57(93)86-38-45(2)105-51(40-86)42-104-108(99,84(7)8)88-39-46(3)106-52(41-88)43-103-107(98,83(5)6)87-26-24-85(25-27-87)65(97)102-33-32-101-31-30-100-29-28-89/h45-46,48-54,89H,9-43H2,1-8H3,(H2,66,75)(H,80,94)(H,81,95)(H,82,96)(H4,67,68,76)(H4,69,70,77)(H4,71,72,78)(H4,73,74,79)/t45-,46-,48+,49+,50+,51-,52-,53-,54-,107?,108?/m0/s1. The van der Waals surface area contributed by atoms with Crippen LogP contribution in [0.15, 0.2) is 25.0 Å². The summed E-state index contributed by atoms with van der Waals surface area (Å²) in [5.74, 6) is -7.40. The molecule has 11 atom stereocenters. The lowest BCUT2D eigenvalue weighted by molar-refractivity contribution is -0.147. The van der Waals surface area contributed by atoms with Crippen LogP contribution in [0.4, 0.5) is 4.79 Å². The molecule has 5 amide bonds. The Kier molecular flexibility index (Phi) is 44.4. The number of morpholine rings is 2. The van der Waals surface area contributed by atoms with E-state index in [2.05, 4.69) is 40.9 Å². The second-order valence-corrected chi connectivity index (χ2v) is 32.4. The Labute approximate surface area is 634 Å². The monoisotopic (exact) mass is 1580 g/mol. The first-order valence-electron chi connectivity index (χ1n) is 36.6. The smallest absolute Gasteiger partial charge is 0.409 e. The van der Waals surface area contributed by atoms with Gasteiger partial charge in [-0.3, -0.25) is 62.9 Å². The molecule has 0 aromatic carbocycles. The lowest BCUT2D eigenvalue weighted by Gasteiger charge is -2.44. The summed E-state index contributed by atoms with van der Waals surface area (Å²) in [6.07, 6.45) is -2.53. The zero-order valence-corrected chi connectivity index (χ0v) is 66.1. The Morgan fingerprint density at radius 1 is 0.509 bits per heavy atom. The van der Waals surface area contributed by atoms with Crippen LogP contribution in [0.3, 0.4) is 0 Å². The van der Waals surface area contributed by atoms with Gasteiger partial charge in [-0.25, -0.2) is 23.5 Å². The first-order chi connectivity index (χ1) is 51.1. The van der Waals surface area contributed by atoms with E-state index in [4.69, 9.17) is 89.4 Å². The van der Waals surface area contributed by atoms with E-state index in [1.165, 1.54) is 26.1 Å². The third kappa shape index (κ3) is 36.5. The Balaban J connectivity index is 1.80. The van der Waals surface area contributed by atoms with Crippen LogP contribution >= 0.6 is 15.3 Å². The van der Waals surface area contributed by atoms with Gasteiger partial charge in [0.2, 0.25) is 23.6 Å². The number of ether oxygens (including phenoxy) is 5. The number of hydrogen-bond acceptors (Lipinski definition) is 23. The van der Waals surface area contributed by atoms with Gasteiger partial charge in [0.25, 0.3) is 0 Å². The number of guanidine groups is 4. The number of aliphatic hydroxyl groups is 1. The topological polar surface area (TPSA) is 607 Å². The lowest BCUT2D eigenvalue weighted by atomic mass is 9.89. The van der Waals surface area contributed by atoms with Gasteiger partial charge in [0, 0.05) is 122 Å². The molecule has 3 fully saturated rings. The fourth-order valence-corrected chi connectivity index (χ4v) is 16.2. The molecular formula is C65H125N23O18P2. The van der Waals surface area contributed by atoms with Crippen molar-refractivity contribution in [3.8, 4) is 0 Å². The molecule has 3 heterocycles. The molecule has 0 spiro atoms. The van der Waals surface area contributed by atoms with Crippen LogP contribution in [0.5, 0.6) is 0 Å². The van der Waals surface area contributed by atoms with Gasteiger partial charge in [-0.2, -0.15) is 0 Å². The number of piperazine rings is 1. The van der Waals surface area contributed by atoms with Crippen LogP contribution in [0.25, 0.3) is 0 Å². The minimum Gasteiger partial charge on any atom is -0.447 e. The number of amidine groups is 1. The molecule has 41 nitrogen and oxygen atoms in total. The van der Waals surface area contributed by atoms with Crippen molar-refractivity contribution in [2.24, 2.45) is 94.3 Å². The molecule has 3 aliphatic heterocycles. The third-order valence-corrected chi connectivity index (χ3v) is 22.6. The van der Waals surface area contributed by atoms with E-state index in [0.717, 1.165) is 0 Å². The number of amides is 5. The van der Waals surface area contributed by atoms with E-state index in [9.17, 15) is 42.9 Å². The molecule has 43 heteroatoms. The molecule has 2 unspecified atom stereocenters. The van der Waals surface area contributed by atoms with E-state index in [-0.39, 0.29) is 231 Å². The molecule has 3 aliphatic rings. The molecule has 108 heavy (non-hydrogen) atoms. The van der Waals surface area contributed by atoms with Gasteiger partial charge in [-0.15, -0.1) is 0 Å². The number of aliphatic hydroxyl groups excluding tert-OH is 1. The molecule has 0 aromatic rings. The number of aliphatic imine (C=N–C) groups is 5. The first-order valence-corrected chi connectivity index (χ1v) is 39.7. The SMILES string of the molecule is CC(=O)C[C@@H](CCCN=C(N)N)C(=O)N[C@@H](CCCN=C(N)N)C(=O)C[C@@H](CCCN=C(N)N)C(=O)N[C@@H](CCCN=C(C)N)C(=O)C[C@@H](CCCN=C(N)N)C(=O)NCC(=O)N1C[C@@H](COP(=O)(N(C)C)N2C[C@@H](COP(=O)(N(C)C)N3CCN(C(=O)OCCOCCOCCO)CC3)O[C@@H](C)C2)O[C@@H](C)C1. The van der Waals surface area contributed by atoms with Crippen molar-refractivity contribution < 1.29 is 85.3 Å². The minimum absolute atomic E-state index is 0.0152. The summed E-state index contributed by atoms with van der Waals surface area (Å²) in [6, 6.07) is -2.44. The fourth-order valence-electron chi connectivity index (χ4n) is 12.1. The Hall–Kier alpha value is -7.27. The summed E-state index contributed by atoms with van der Waals surface area (Å²) in [6.45, 7) is 8.26. The zero-order chi connectivity index (χ0) is 80.5. The van der Waals surface area contributed by atoms with Crippen molar-refractivity contribution in [2.75, 3.05) is 173 Å². The normalized spacial score (nSPS) is 19.8. The molecular weight excluding hydrogens is 1450 g/mol. The van der Waals surface area contributed by atoms with E-state index < -0.39 is 130 Å². The molecule has 3 rings (SSSR count). The van der Waals surface area contributed by atoms with Gasteiger partial charge in [0.15, 0.2) is 35.4 Å². The second kappa shape index (κ2) is 50.5. The van der Waals surface area contributed by atoms with Crippen molar-refractivity contribution >= 4 is 92.1 Å². The maximum atomic E-state index is 15.1. The maximum absolute atomic E-state index is 15.1. The van der Waals surface area contributed by atoms with E-state index in [1.54, 1.807) is 58.3 Å². The number of nitrogens with zero attached hydrogens (tertiary/aromatic N) is 11. The number of nitrogens with two attached hydrogens (primary N) is 9.